The van der Waals surface area contributed by atoms with Crippen LogP contribution in [0.2, 0.25) is 0 Å². The van der Waals surface area contributed by atoms with Gasteiger partial charge in [0.05, 0.1) is 37.0 Å². The maximum absolute atomic E-state index is 12.7. The maximum Gasteiger partial charge on any atom is 0.248 e. The molecule has 1 unspecified atom stereocenters. The fourth-order valence-electron chi connectivity index (χ4n) is 3.59. The molecule has 0 aliphatic carbocycles. The van der Waals surface area contributed by atoms with Gasteiger partial charge < -0.3 is 19.1 Å². The minimum Gasteiger partial charge on any atom is -0.465 e. The van der Waals surface area contributed by atoms with E-state index in [4.69, 9.17) is 8.83 Å². The van der Waals surface area contributed by atoms with E-state index in [1.165, 1.54) is 6.08 Å². The van der Waals surface area contributed by atoms with Gasteiger partial charge in [0.25, 0.3) is 0 Å². The Morgan fingerprint density at radius 1 is 1.10 bits per heavy atom. The molecule has 1 saturated heterocycles. The van der Waals surface area contributed by atoms with Crippen LogP contribution in [0.4, 0.5) is 5.69 Å². The molecule has 0 radical (unpaired) electrons. The van der Waals surface area contributed by atoms with Gasteiger partial charge in [-0.25, -0.2) is 0 Å². The molecule has 8 heteroatoms. The first-order valence-electron chi connectivity index (χ1n) is 10.2. The smallest absolute Gasteiger partial charge is 0.248 e. The molecule has 1 fully saturated rings. The van der Waals surface area contributed by atoms with Gasteiger partial charge in [-0.05, 0) is 55.7 Å². The third kappa shape index (κ3) is 5.63. The minimum atomic E-state index is -0.270. The Hall–Kier alpha value is -3.81. The third-order valence-corrected chi connectivity index (χ3v) is 5.08. The molecule has 0 saturated carbocycles. The Bertz CT molecular complexity index is 1050. The van der Waals surface area contributed by atoms with E-state index >= 15 is 0 Å². The van der Waals surface area contributed by atoms with Gasteiger partial charge in [0.2, 0.25) is 11.8 Å². The molecule has 2 amide bonds. The fraction of sp³-hybridized carbons (Fsp3) is 0.261. The van der Waals surface area contributed by atoms with Crippen molar-refractivity contribution in [2.45, 2.75) is 31.8 Å². The van der Waals surface area contributed by atoms with Crippen molar-refractivity contribution >= 4 is 29.7 Å². The lowest BCUT2D eigenvalue weighted by molar-refractivity contribution is -0.129. The largest absolute Gasteiger partial charge is 0.465 e. The van der Waals surface area contributed by atoms with Crippen LogP contribution in [0, 0.1) is 0 Å². The van der Waals surface area contributed by atoms with E-state index in [1.54, 1.807) is 72.1 Å². The Morgan fingerprint density at radius 2 is 1.84 bits per heavy atom. The number of amides is 2. The second-order valence-electron chi connectivity index (χ2n) is 7.32. The highest BCUT2D eigenvalue weighted by atomic mass is 16.3. The minimum absolute atomic E-state index is 0.0372. The molecule has 3 aromatic heterocycles. The van der Waals surface area contributed by atoms with E-state index in [2.05, 4.69) is 10.4 Å². The molecule has 0 spiro atoms. The lowest BCUT2D eigenvalue weighted by Gasteiger charge is -2.35. The molecule has 1 atom stereocenters. The second kappa shape index (κ2) is 9.80. The van der Waals surface area contributed by atoms with Gasteiger partial charge >= 0.3 is 0 Å². The van der Waals surface area contributed by atoms with Crippen LogP contribution in [0.5, 0.6) is 0 Å². The maximum atomic E-state index is 12.7. The summed E-state index contributed by atoms with van der Waals surface area (Å²) in [7, 11) is 0. The van der Waals surface area contributed by atoms with Gasteiger partial charge in [-0.15, -0.1) is 0 Å². The molecule has 3 aromatic rings. The summed E-state index contributed by atoms with van der Waals surface area (Å²) in [5.74, 6) is 0.947. The van der Waals surface area contributed by atoms with Gasteiger partial charge in [-0.2, -0.15) is 5.10 Å². The number of furan rings is 2. The van der Waals surface area contributed by atoms with Crippen molar-refractivity contribution < 1.29 is 18.4 Å². The first-order chi connectivity index (χ1) is 15.2. The van der Waals surface area contributed by atoms with Crippen molar-refractivity contribution in [1.82, 2.24) is 14.7 Å². The van der Waals surface area contributed by atoms with Crippen molar-refractivity contribution in [3.63, 3.8) is 0 Å². The number of aromatic nitrogens is 2. The number of hydrogen-bond acceptors (Lipinski definition) is 5. The summed E-state index contributed by atoms with van der Waals surface area (Å²) in [6.07, 6.45) is 15.7. The first kappa shape index (κ1) is 20.5. The van der Waals surface area contributed by atoms with E-state index in [0.29, 0.717) is 30.3 Å². The summed E-state index contributed by atoms with van der Waals surface area (Å²) in [5, 5.41) is 7.12. The number of carbonyl (C=O) groups excluding carboxylic acids is 2. The summed E-state index contributed by atoms with van der Waals surface area (Å²) in [4.78, 5) is 26.7. The number of likely N-dealkylation sites (tertiary alicyclic amines) is 1. The SMILES string of the molecule is O=C(C=Cc1ccco1)Nc1cnn(CC2CCCCN2C(=O)C=Cc2ccco2)c1. The molecule has 1 aliphatic heterocycles. The monoisotopic (exact) mass is 420 g/mol. The number of hydrogen-bond donors (Lipinski definition) is 1. The van der Waals surface area contributed by atoms with Crippen LogP contribution in [0.1, 0.15) is 30.8 Å². The number of nitrogens with zero attached hydrogens (tertiary/aromatic N) is 3. The van der Waals surface area contributed by atoms with E-state index in [9.17, 15) is 9.59 Å². The van der Waals surface area contributed by atoms with Crippen LogP contribution in [-0.2, 0) is 16.1 Å². The number of nitrogens with one attached hydrogen (secondary N) is 1. The van der Waals surface area contributed by atoms with E-state index in [0.717, 1.165) is 19.3 Å². The molecular formula is C23H24N4O4. The Morgan fingerprint density at radius 3 is 2.55 bits per heavy atom. The zero-order valence-corrected chi connectivity index (χ0v) is 17.0. The van der Waals surface area contributed by atoms with Crippen molar-refractivity contribution in [3.05, 3.63) is 72.9 Å². The predicted octanol–water partition coefficient (Wildman–Crippen LogP) is 3.82. The fourth-order valence-corrected chi connectivity index (χ4v) is 3.59. The van der Waals surface area contributed by atoms with Crippen molar-refractivity contribution in [2.24, 2.45) is 0 Å². The van der Waals surface area contributed by atoms with Gasteiger partial charge in [-0.3, -0.25) is 14.3 Å². The standard InChI is InChI=1S/C23H24N4O4/c28-22(10-8-20-6-3-13-30-20)25-18-15-24-26(16-18)17-19-5-1-2-12-27(19)23(29)11-9-21-7-4-14-31-21/h3-4,6-11,13-16,19H,1-2,5,12,17H2,(H,25,28). The molecule has 31 heavy (non-hydrogen) atoms. The highest BCUT2D eigenvalue weighted by molar-refractivity contribution is 6.01. The normalized spacial score (nSPS) is 16.9. The summed E-state index contributed by atoms with van der Waals surface area (Å²) < 4.78 is 12.2. The molecular weight excluding hydrogens is 396 g/mol. The molecule has 1 N–H and O–H groups in total. The molecule has 160 valence electrons. The summed E-state index contributed by atoms with van der Waals surface area (Å²) in [6, 6.07) is 7.16. The number of anilines is 1. The van der Waals surface area contributed by atoms with Crippen LogP contribution < -0.4 is 5.32 Å². The number of carbonyl (C=O) groups is 2. The molecule has 0 bridgehead atoms. The Labute approximate surface area is 179 Å². The topological polar surface area (TPSA) is 93.5 Å². The zero-order valence-electron chi connectivity index (χ0n) is 17.0. The molecule has 8 nitrogen and oxygen atoms in total. The highest BCUT2D eigenvalue weighted by Crippen LogP contribution is 2.20. The van der Waals surface area contributed by atoms with Gasteiger partial charge in [0.15, 0.2) is 0 Å². The Balaban J connectivity index is 1.34. The molecule has 1 aliphatic rings. The quantitative estimate of drug-likeness (QED) is 0.587. The van der Waals surface area contributed by atoms with Crippen LogP contribution in [0.3, 0.4) is 0 Å². The predicted molar refractivity (Wildman–Crippen MR) is 116 cm³/mol. The summed E-state index contributed by atoms with van der Waals surface area (Å²) >= 11 is 0. The first-order valence-corrected chi connectivity index (χ1v) is 10.2. The summed E-state index contributed by atoms with van der Waals surface area (Å²) in [6.45, 7) is 1.28. The number of rotatable bonds is 7. The van der Waals surface area contributed by atoms with Gasteiger partial charge in [-0.1, -0.05) is 0 Å². The van der Waals surface area contributed by atoms with Crippen LogP contribution in [0.15, 0.2) is 70.2 Å². The number of piperidine rings is 1. The van der Waals surface area contributed by atoms with Crippen LogP contribution >= 0.6 is 0 Å². The van der Waals surface area contributed by atoms with E-state index in [-0.39, 0.29) is 17.9 Å². The summed E-state index contributed by atoms with van der Waals surface area (Å²) in [5.41, 5.74) is 0.598. The average Bonchev–Trinajstić information content (AvgIpc) is 3.54. The van der Waals surface area contributed by atoms with Crippen LogP contribution in [-0.4, -0.2) is 39.1 Å². The zero-order chi connectivity index (χ0) is 21.5. The van der Waals surface area contributed by atoms with Crippen molar-refractivity contribution in [1.29, 1.82) is 0 Å². The second-order valence-corrected chi connectivity index (χ2v) is 7.32. The van der Waals surface area contributed by atoms with Gasteiger partial charge in [0.1, 0.15) is 11.5 Å². The van der Waals surface area contributed by atoms with E-state index < -0.39 is 0 Å². The lowest BCUT2D eigenvalue weighted by atomic mass is 10.0. The van der Waals surface area contributed by atoms with Crippen molar-refractivity contribution in [3.8, 4) is 0 Å². The van der Waals surface area contributed by atoms with Crippen molar-refractivity contribution in [2.75, 3.05) is 11.9 Å². The third-order valence-electron chi connectivity index (χ3n) is 5.08. The van der Waals surface area contributed by atoms with Gasteiger partial charge in [0, 0.05) is 24.9 Å². The molecule has 0 aromatic carbocycles. The highest BCUT2D eigenvalue weighted by Gasteiger charge is 2.26. The molecule has 4 rings (SSSR count). The molecule has 4 heterocycles. The lowest BCUT2D eigenvalue weighted by Crippen LogP contribution is -2.45. The van der Waals surface area contributed by atoms with Crippen LogP contribution in [0.25, 0.3) is 12.2 Å². The Kier molecular flexibility index (Phi) is 6.47. The average molecular weight is 420 g/mol. The van der Waals surface area contributed by atoms with E-state index in [1.807, 2.05) is 4.90 Å².